The first-order chi connectivity index (χ1) is 18.4. The Balaban J connectivity index is 2.00. The van der Waals surface area contributed by atoms with Gasteiger partial charge in [0.05, 0.1) is 0 Å². The van der Waals surface area contributed by atoms with Crippen LogP contribution in [0.3, 0.4) is 0 Å². The van der Waals surface area contributed by atoms with Crippen molar-refractivity contribution in [2.75, 3.05) is 10.2 Å². The van der Waals surface area contributed by atoms with Gasteiger partial charge in [-0.15, -0.1) is 0 Å². The molecule has 0 fully saturated rings. The highest BCUT2D eigenvalue weighted by atomic mass is 35.5. The van der Waals surface area contributed by atoms with Gasteiger partial charge in [0.1, 0.15) is 11.8 Å². The molecule has 3 aromatic rings. The first kappa shape index (κ1) is 29.9. The predicted octanol–water partition coefficient (Wildman–Crippen LogP) is 6.56. The summed E-state index contributed by atoms with van der Waals surface area (Å²) in [4.78, 5) is 41.8. The highest BCUT2D eigenvalue weighted by Crippen LogP contribution is 2.34. The number of carbonyl (C=O) groups excluding carboxylic acids is 3. The second-order valence-corrected chi connectivity index (χ2v) is 10.9. The Bertz CT molecular complexity index is 1300. The first-order valence-corrected chi connectivity index (χ1v) is 13.5. The Hall–Kier alpha value is -3.65. The predicted molar refractivity (Wildman–Crippen MR) is 154 cm³/mol. The van der Waals surface area contributed by atoms with Gasteiger partial charge < -0.3 is 15.2 Å². The lowest BCUT2D eigenvalue weighted by Gasteiger charge is -2.35. The third kappa shape index (κ3) is 7.93. The summed E-state index contributed by atoms with van der Waals surface area (Å²) in [5.74, 6) is -0.0215. The molecule has 3 rings (SSSR count). The molecule has 1 unspecified atom stereocenters. The number of benzene rings is 2. The van der Waals surface area contributed by atoms with Gasteiger partial charge in [-0.3, -0.25) is 19.3 Å². The van der Waals surface area contributed by atoms with Gasteiger partial charge >= 0.3 is 0 Å². The van der Waals surface area contributed by atoms with E-state index < -0.39 is 23.4 Å². The molecule has 0 saturated carbocycles. The standard InChI is InChI=1S/C30H37ClN4O4/c1-7-30(5,6)33-29(38)28(23-10-8-9-11-24(23)31)35(22-14-12-21(13-15-22)19(2)3)27(37)17-16-26(36)32-25-18-20(4)39-34-25/h8-15,18-19,28H,7,16-17H2,1-6H3,(H,33,38)(H,32,34,36). The summed E-state index contributed by atoms with van der Waals surface area (Å²) >= 11 is 6.59. The maximum atomic E-state index is 13.9. The minimum Gasteiger partial charge on any atom is -0.360 e. The van der Waals surface area contributed by atoms with Crippen molar-refractivity contribution in [1.29, 1.82) is 0 Å². The number of hydrogen-bond acceptors (Lipinski definition) is 5. The fourth-order valence-electron chi connectivity index (χ4n) is 4.01. The average molecular weight is 553 g/mol. The summed E-state index contributed by atoms with van der Waals surface area (Å²) < 4.78 is 4.98. The topological polar surface area (TPSA) is 105 Å². The van der Waals surface area contributed by atoms with E-state index in [4.69, 9.17) is 16.1 Å². The second kappa shape index (κ2) is 12.9. The van der Waals surface area contributed by atoms with Crippen LogP contribution < -0.4 is 15.5 Å². The molecule has 39 heavy (non-hydrogen) atoms. The quantitative estimate of drug-likeness (QED) is 0.280. The number of hydrogen-bond donors (Lipinski definition) is 2. The molecule has 0 saturated heterocycles. The molecule has 1 aromatic heterocycles. The van der Waals surface area contributed by atoms with E-state index in [1.165, 1.54) is 4.90 Å². The largest absolute Gasteiger partial charge is 0.360 e. The van der Waals surface area contributed by atoms with E-state index in [1.807, 2.05) is 45.0 Å². The van der Waals surface area contributed by atoms with Crippen LogP contribution in [0.1, 0.15) is 82.7 Å². The number of amides is 3. The van der Waals surface area contributed by atoms with Gasteiger partial charge in [0, 0.05) is 40.7 Å². The van der Waals surface area contributed by atoms with Gasteiger partial charge in [-0.25, -0.2) is 0 Å². The fourth-order valence-corrected chi connectivity index (χ4v) is 4.25. The lowest BCUT2D eigenvalue weighted by atomic mass is 9.97. The minimum atomic E-state index is -1.05. The number of carbonyl (C=O) groups is 3. The fraction of sp³-hybridized carbons (Fsp3) is 0.400. The number of nitrogens with zero attached hydrogens (tertiary/aromatic N) is 2. The van der Waals surface area contributed by atoms with Gasteiger partial charge in [-0.1, -0.05) is 67.9 Å². The summed E-state index contributed by atoms with van der Waals surface area (Å²) in [5, 5.41) is 9.83. The van der Waals surface area contributed by atoms with E-state index in [2.05, 4.69) is 29.6 Å². The van der Waals surface area contributed by atoms with Crippen LogP contribution in [0.2, 0.25) is 5.02 Å². The van der Waals surface area contributed by atoms with E-state index in [9.17, 15) is 14.4 Å². The third-order valence-electron chi connectivity index (χ3n) is 6.62. The number of rotatable bonds is 11. The van der Waals surface area contributed by atoms with Gasteiger partial charge in [0.25, 0.3) is 0 Å². The average Bonchev–Trinajstić information content (AvgIpc) is 3.30. The lowest BCUT2D eigenvalue weighted by molar-refractivity contribution is -0.128. The van der Waals surface area contributed by atoms with Crippen LogP contribution in [0.15, 0.2) is 59.1 Å². The van der Waals surface area contributed by atoms with Gasteiger partial charge in [-0.05, 0) is 56.9 Å². The van der Waals surface area contributed by atoms with E-state index in [0.29, 0.717) is 34.4 Å². The van der Waals surface area contributed by atoms with E-state index in [-0.39, 0.29) is 24.6 Å². The summed E-state index contributed by atoms with van der Waals surface area (Å²) in [7, 11) is 0. The zero-order valence-corrected chi connectivity index (χ0v) is 24.1. The maximum absolute atomic E-state index is 13.9. The molecule has 2 aromatic carbocycles. The van der Waals surface area contributed by atoms with Crippen LogP contribution in [0.25, 0.3) is 0 Å². The molecule has 208 valence electrons. The Morgan fingerprint density at radius 2 is 1.72 bits per heavy atom. The molecule has 9 heteroatoms. The van der Waals surface area contributed by atoms with Crippen molar-refractivity contribution in [2.24, 2.45) is 0 Å². The van der Waals surface area contributed by atoms with Crippen molar-refractivity contribution >= 4 is 40.8 Å². The molecule has 8 nitrogen and oxygen atoms in total. The molecular formula is C30H37ClN4O4. The highest BCUT2D eigenvalue weighted by molar-refractivity contribution is 6.31. The Labute approximate surface area is 235 Å². The summed E-state index contributed by atoms with van der Waals surface area (Å²) in [6.07, 6.45) is 0.440. The van der Waals surface area contributed by atoms with Crippen LogP contribution in [-0.2, 0) is 14.4 Å². The number of aromatic nitrogens is 1. The smallest absolute Gasteiger partial charge is 0.248 e. The molecule has 2 N–H and O–H groups in total. The Morgan fingerprint density at radius 3 is 2.28 bits per heavy atom. The van der Waals surface area contributed by atoms with Crippen LogP contribution in [0, 0.1) is 6.92 Å². The molecular weight excluding hydrogens is 516 g/mol. The Kier molecular flexibility index (Phi) is 9.92. The zero-order valence-electron chi connectivity index (χ0n) is 23.4. The third-order valence-corrected chi connectivity index (χ3v) is 6.96. The van der Waals surface area contributed by atoms with Crippen LogP contribution >= 0.6 is 11.6 Å². The monoisotopic (exact) mass is 552 g/mol. The maximum Gasteiger partial charge on any atom is 0.248 e. The number of halogens is 1. The molecule has 0 aliphatic carbocycles. The molecule has 0 aliphatic rings. The van der Waals surface area contributed by atoms with Crippen molar-refractivity contribution in [3.8, 4) is 0 Å². The van der Waals surface area contributed by atoms with Crippen LogP contribution in [-0.4, -0.2) is 28.4 Å². The number of aryl methyl sites for hydroxylation is 1. The zero-order chi connectivity index (χ0) is 28.7. The van der Waals surface area contributed by atoms with E-state index in [0.717, 1.165) is 5.56 Å². The number of anilines is 2. The van der Waals surface area contributed by atoms with Crippen LogP contribution in [0.4, 0.5) is 11.5 Å². The lowest BCUT2D eigenvalue weighted by Crippen LogP contribution is -2.50. The molecule has 3 amide bonds. The highest BCUT2D eigenvalue weighted by Gasteiger charge is 2.36. The molecule has 0 spiro atoms. The van der Waals surface area contributed by atoms with Gasteiger partial charge in [0.2, 0.25) is 17.7 Å². The van der Waals surface area contributed by atoms with E-state index >= 15 is 0 Å². The van der Waals surface area contributed by atoms with Crippen molar-refractivity contribution in [2.45, 2.75) is 78.3 Å². The van der Waals surface area contributed by atoms with E-state index in [1.54, 1.807) is 37.3 Å². The second-order valence-electron chi connectivity index (χ2n) is 10.5. The summed E-state index contributed by atoms with van der Waals surface area (Å²) in [5.41, 5.74) is 1.61. The Morgan fingerprint density at radius 1 is 1.05 bits per heavy atom. The van der Waals surface area contributed by atoms with Crippen molar-refractivity contribution in [3.05, 3.63) is 76.5 Å². The molecule has 0 radical (unpaired) electrons. The normalized spacial score (nSPS) is 12.2. The summed E-state index contributed by atoms with van der Waals surface area (Å²) in [6, 6.07) is 15.1. The SMILES string of the molecule is CCC(C)(C)NC(=O)C(c1ccccc1Cl)N(C(=O)CCC(=O)Nc1cc(C)on1)c1ccc(C(C)C)cc1. The number of nitrogens with one attached hydrogen (secondary N) is 2. The molecule has 1 heterocycles. The van der Waals surface area contributed by atoms with Crippen molar-refractivity contribution < 1.29 is 18.9 Å². The van der Waals surface area contributed by atoms with Crippen molar-refractivity contribution in [1.82, 2.24) is 10.5 Å². The molecule has 0 aliphatic heterocycles. The summed E-state index contributed by atoms with van der Waals surface area (Å²) in [6.45, 7) is 11.7. The first-order valence-electron chi connectivity index (χ1n) is 13.1. The van der Waals surface area contributed by atoms with Crippen LogP contribution in [0.5, 0.6) is 0 Å². The minimum absolute atomic E-state index is 0.108. The molecule has 0 bridgehead atoms. The van der Waals surface area contributed by atoms with Gasteiger partial charge in [0.15, 0.2) is 5.82 Å². The van der Waals surface area contributed by atoms with Gasteiger partial charge in [-0.2, -0.15) is 0 Å². The molecule has 1 atom stereocenters. The van der Waals surface area contributed by atoms with Crippen molar-refractivity contribution in [3.63, 3.8) is 0 Å².